The maximum absolute atomic E-state index is 11.2. The zero-order chi connectivity index (χ0) is 10.6. The van der Waals surface area contributed by atoms with Gasteiger partial charge in [0.2, 0.25) is 0 Å². The first-order valence-corrected chi connectivity index (χ1v) is 5.20. The van der Waals surface area contributed by atoms with Gasteiger partial charge >= 0.3 is 0 Å². The molecule has 0 spiro atoms. The van der Waals surface area contributed by atoms with Crippen LogP contribution in [0.15, 0.2) is 0 Å². The monoisotopic (exact) mass is 202 g/mol. The quantitative estimate of drug-likeness (QED) is 0.458. The van der Waals surface area contributed by atoms with E-state index in [9.17, 15) is 18.0 Å². The smallest absolute Gasteiger partial charge is 0.178 e. The largest absolute Gasteiger partial charge is 0.298 e. The van der Waals surface area contributed by atoms with E-state index in [2.05, 4.69) is 0 Å². The number of hydrogen-bond acceptors (Lipinski definition) is 4. The molecular weight excluding hydrogens is 192 g/mol. The fourth-order valence-corrected chi connectivity index (χ4v) is 2.40. The Morgan fingerprint density at radius 3 is 1.92 bits per heavy atom. The Morgan fingerprint density at radius 1 is 1.31 bits per heavy atom. The lowest BCUT2D eigenvalue weighted by atomic mass is 10.2. The summed E-state index contributed by atoms with van der Waals surface area (Å²) in [6.45, 7) is 2.11. The van der Waals surface area contributed by atoms with Gasteiger partial charge in [0.1, 0.15) is 5.75 Å². The molecule has 5 heteroatoms. The summed E-state index contributed by atoms with van der Waals surface area (Å²) in [5, 5.41) is -1.59. The van der Waals surface area contributed by atoms with E-state index >= 15 is 0 Å². The van der Waals surface area contributed by atoms with Crippen LogP contribution in [0.25, 0.3) is 0 Å². The number of carbonyl (C=O) groups is 2. The highest BCUT2D eigenvalue weighted by Gasteiger charge is 2.32. The number of sulfone groups is 1. The molecule has 4 nitrogen and oxygen atoms in total. The van der Waals surface area contributed by atoms with Gasteiger partial charge in [0.15, 0.2) is 26.7 Å². The van der Waals surface area contributed by atoms with Crippen molar-refractivity contribution in [2.24, 2.45) is 0 Å². The van der Waals surface area contributed by atoms with Gasteiger partial charge in [-0.1, -0.05) is 5.92 Å². The molecule has 0 aromatic rings. The predicted molar refractivity (Wildman–Crippen MR) is 47.8 cm³/mol. The normalized spacial score (nSPS) is 10.9. The molecule has 0 atom stereocenters. The minimum atomic E-state index is -3.81. The summed E-state index contributed by atoms with van der Waals surface area (Å²) in [6, 6.07) is 0. The molecule has 0 aliphatic heterocycles. The first kappa shape index (κ1) is 11.8. The minimum absolute atomic E-state index is 0.586. The third-order valence-corrected chi connectivity index (χ3v) is 3.33. The highest BCUT2D eigenvalue weighted by Crippen LogP contribution is 2.05. The van der Waals surface area contributed by atoms with Gasteiger partial charge in [-0.25, -0.2) is 8.42 Å². The SMILES string of the molecule is C#CCS(=O)(=O)C(C(C)=O)C(C)=O. The molecule has 0 unspecified atom stereocenters. The number of Topliss-reactive ketones (excluding diaryl/α,β-unsaturated/α-hetero) is 2. The standard InChI is InChI=1S/C8H10O4S/c1-4-5-13(11,12)8(6(2)9)7(3)10/h1,8H,5H2,2-3H3. The second-order valence-electron chi connectivity index (χ2n) is 2.61. The highest BCUT2D eigenvalue weighted by molar-refractivity contribution is 7.93. The molecule has 0 fully saturated rings. The average Bonchev–Trinajstić information content (AvgIpc) is 1.82. The Labute approximate surface area is 77.2 Å². The number of ketones is 2. The third-order valence-electron chi connectivity index (χ3n) is 1.38. The molecule has 0 N–H and O–H groups in total. The molecule has 0 aliphatic carbocycles. The van der Waals surface area contributed by atoms with Crippen molar-refractivity contribution in [1.82, 2.24) is 0 Å². The Bertz CT molecular complexity index is 344. The summed E-state index contributed by atoms with van der Waals surface area (Å²) >= 11 is 0. The zero-order valence-electron chi connectivity index (χ0n) is 7.40. The molecule has 0 aliphatic rings. The minimum Gasteiger partial charge on any atom is -0.298 e. The van der Waals surface area contributed by atoms with Crippen LogP contribution in [0.5, 0.6) is 0 Å². The van der Waals surface area contributed by atoms with Crippen molar-refractivity contribution in [3.8, 4) is 12.3 Å². The number of hydrogen-bond donors (Lipinski definition) is 0. The van der Waals surface area contributed by atoms with E-state index in [0.29, 0.717) is 0 Å². The van der Waals surface area contributed by atoms with Crippen molar-refractivity contribution in [2.45, 2.75) is 19.1 Å². The van der Waals surface area contributed by atoms with Gasteiger partial charge in [0, 0.05) is 0 Å². The maximum Gasteiger partial charge on any atom is 0.178 e. The van der Waals surface area contributed by atoms with E-state index in [0.717, 1.165) is 13.8 Å². The van der Waals surface area contributed by atoms with Crippen LogP contribution in [-0.4, -0.2) is 31.0 Å². The Kier molecular flexibility index (Phi) is 3.82. The van der Waals surface area contributed by atoms with Crippen LogP contribution in [0.2, 0.25) is 0 Å². The molecular formula is C8H10O4S. The van der Waals surface area contributed by atoms with E-state index < -0.39 is 32.4 Å². The molecule has 72 valence electrons. The van der Waals surface area contributed by atoms with Crippen molar-refractivity contribution in [1.29, 1.82) is 0 Å². The lowest BCUT2D eigenvalue weighted by Crippen LogP contribution is -2.36. The Balaban J connectivity index is 5.11. The Hall–Kier alpha value is -1.15. The van der Waals surface area contributed by atoms with E-state index in [1.807, 2.05) is 5.92 Å². The lowest BCUT2D eigenvalue weighted by molar-refractivity contribution is -0.124. The van der Waals surface area contributed by atoms with Crippen LogP contribution in [0.1, 0.15) is 13.8 Å². The molecule has 0 aromatic carbocycles. The van der Waals surface area contributed by atoms with Crippen molar-refractivity contribution in [3.63, 3.8) is 0 Å². The van der Waals surface area contributed by atoms with Gasteiger partial charge in [-0.05, 0) is 13.8 Å². The fourth-order valence-electron chi connectivity index (χ4n) is 0.991. The summed E-state index contributed by atoms with van der Waals surface area (Å²) in [6.07, 6.45) is 4.80. The van der Waals surface area contributed by atoms with Crippen LogP contribution < -0.4 is 0 Å². The molecule has 0 bridgehead atoms. The van der Waals surface area contributed by atoms with Crippen molar-refractivity contribution in [2.75, 3.05) is 5.75 Å². The molecule has 0 radical (unpaired) electrons. The first-order valence-electron chi connectivity index (χ1n) is 3.49. The van der Waals surface area contributed by atoms with Crippen molar-refractivity contribution in [3.05, 3.63) is 0 Å². The van der Waals surface area contributed by atoms with Gasteiger partial charge in [-0.15, -0.1) is 6.42 Å². The van der Waals surface area contributed by atoms with Gasteiger partial charge in [0.05, 0.1) is 0 Å². The van der Waals surface area contributed by atoms with E-state index in [1.54, 1.807) is 0 Å². The molecule has 0 rings (SSSR count). The number of rotatable bonds is 4. The highest BCUT2D eigenvalue weighted by atomic mass is 32.2. The molecule has 0 saturated heterocycles. The Morgan fingerprint density at radius 2 is 1.69 bits per heavy atom. The van der Waals surface area contributed by atoms with Gasteiger partial charge in [-0.3, -0.25) is 9.59 Å². The predicted octanol–water partition coefficient (Wildman–Crippen LogP) is -0.419. The van der Waals surface area contributed by atoms with E-state index in [-0.39, 0.29) is 0 Å². The summed E-state index contributed by atoms with van der Waals surface area (Å²) in [5.74, 6) is -0.0645. The van der Waals surface area contributed by atoms with Gasteiger partial charge in [-0.2, -0.15) is 0 Å². The molecule has 0 aromatic heterocycles. The molecule has 0 amide bonds. The average molecular weight is 202 g/mol. The molecule has 0 heterocycles. The summed E-state index contributed by atoms with van der Waals surface area (Å²) < 4.78 is 22.5. The van der Waals surface area contributed by atoms with Crippen LogP contribution in [-0.2, 0) is 19.4 Å². The summed E-state index contributed by atoms with van der Waals surface area (Å²) in [5.41, 5.74) is 0. The third kappa shape index (κ3) is 2.99. The molecule has 0 saturated carbocycles. The zero-order valence-corrected chi connectivity index (χ0v) is 8.22. The van der Waals surface area contributed by atoms with Gasteiger partial charge < -0.3 is 0 Å². The van der Waals surface area contributed by atoms with Gasteiger partial charge in [0.25, 0.3) is 0 Å². The van der Waals surface area contributed by atoms with Crippen molar-refractivity contribution < 1.29 is 18.0 Å². The number of carbonyl (C=O) groups excluding carboxylic acids is 2. The molecule has 13 heavy (non-hydrogen) atoms. The second kappa shape index (κ2) is 4.19. The summed E-state index contributed by atoms with van der Waals surface area (Å²) in [7, 11) is -3.81. The second-order valence-corrected chi connectivity index (χ2v) is 4.70. The van der Waals surface area contributed by atoms with Crippen LogP contribution in [0.3, 0.4) is 0 Å². The number of terminal acetylenes is 1. The van der Waals surface area contributed by atoms with E-state index in [4.69, 9.17) is 6.42 Å². The van der Waals surface area contributed by atoms with E-state index in [1.165, 1.54) is 0 Å². The van der Waals surface area contributed by atoms with Crippen molar-refractivity contribution >= 4 is 21.4 Å². The fraction of sp³-hybridized carbons (Fsp3) is 0.500. The van der Waals surface area contributed by atoms with Crippen LogP contribution in [0, 0.1) is 12.3 Å². The van der Waals surface area contributed by atoms with Crippen LogP contribution in [0.4, 0.5) is 0 Å². The first-order chi connectivity index (χ1) is 5.83. The topological polar surface area (TPSA) is 68.3 Å². The maximum atomic E-state index is 11.2. The lowest BCUT2D eigenvalue weighted by Gasteiger charge is -2.08. The van der Waals surface area contributed by atoms with Crippen LogP contribution >= 0.6 is 0 Å². The summed E-state index contributed by atoms with van der Waals surface area (Å²) in [4.78, 5) is 21.7.